The van der Waals surface area contributed by atoms with Gasteiger partial charge in [-0.15, -0.1) is 0 Å². The Balaban J connectivity index is 3.05. The summed E-state index contributed by atoms with van der Waals surface area (Å²) < 4.78 is 24.9. The fourth-order valence-corrected chi connectivity index (χ4v) is 0.655. The summed E-state index contributed by atoms with van der Waals surface area (Å²) in [5.74, 6) is -2.07. The third kappa shape index (κ3) is 1.52. The van der Waals surface area contributed by atoms with Crippen LogP contribution in [0, 0.1) is 11.6 Å². The fraction of sp³-hybridized carbons (Fsp3) is 0. The highest BCUT2D eigenvalue weighted by Gasteiger charge is 2.05. The van der Waals surface area contributed by atoms with Gasteiger partial charge in [0.15, 0.2) is 11.6 Å². The van der Waals surface area contributed by atoms with Crippen molar-refractivity contribution in [1.82, 2.24) is 0 Å². The van der Waals surface area contributed by atoms with E-state index in [1.807, 2.05) is 5.32 Å². The first kappa shape index (κ1) is 7.65. The number of rotatable bonds is 2. The van der Waals surface area contributed by atoms with Crippen molar-refractivity contribution in [2.24, 2.45) is 0 Å². The summed E-state index contributed by atoms with van der Waals surface area (Å²) in [4.78, 5) is 9.71. The predicted octanol–water partition coefficient (Wildman–Crippen LogP) is 1.44. The minimum absolute atomic E-state index is 0.208. The van der Waals surface area contributed by atoms with E-state index in [-0.39, 0.29) is 5.69 Å². The molecule has 0 bridgehead atoms. The molecule has 0 saturated carbocycles. The summed E-state index contributed by atoms with van der Waals surface area (Å²) in [6.45, 7) is 0. The van der Waals surface area contributed by atoms with Crippen LogP contribution < -0.4 is 5.32 Å². The van der Waals surface area contributed by atoms with Gasteiger partial charge in [0, 0.05) is 0 Å². The van der Waals surface area contributed by atoms with Gasteiger partial charge in [-0.05, 0) is 12.1 Å². The molecule has 0 unspecified atom stereocenters. The van der Waals surface area contributed by atoms with Crippen LogP contribution in [0.2, 0.25) is 0 Å². The van der Waals surface area contributed by atoms with Crippen LogP contribution in [-0.4, -0.2) is 6.41 Å². The second-order valence-corrected chi connectivity index (χ2v) is 1.83. The number of hydrogen-bond donors (Lipinski definition) is 1. The molecule has 0 saturated heterocycles. The molecule has 0 aromatic heterocycles. The molecule has 11 heavy (non-hydrogen) atoms. The van der Waals surface area contributed by atoms with Gasteiger partial charge in [-0.1, -0.05) is 6.07 Å². The topological polar surface area (TPSA) is 29.1 Å². The van der Waals surface area contributed by atoms with Gasteiger partial charge >= 0.3 is 6.41 Å². The monoisotopic (exact) mass is 156 g/mol. The first-order valence-corrected chi connectivity index (χ1v) is 2.83. The molecule has 1 rings (SSSR count). The molecule has 0 aliphatic rings. The number of benzene rings is 1. The van der Waals surface area contributed by atoms with Crippen molar-refractivity contribution in [3.63, 3.8) is 0 Å². The molecule has 57 valence electrons. The number of anilines is 1. The maximum Gasteiger partial charge on any atom is 0.314 e. The quantitative estimate of drug-likeness (QED) is 0.645. The van der Waals surface area contributed by atoms with E-state index in [0.717, 1.165) is 6.07 Å². The number of amides is 1. The lowest BCUT2D eigenvalue weighted by atomic mass is 10.3. The third-order valence-corrected chi connectivity index (χ3v) is 1.14. The van der Waals surface area contributed by atoms with E-state index < -0.39 is 11.6 Å². The van der Waals surface area contributed by atoms with Crippen molar-refractivity contribution in [3.8, 4) is 0 Å². The molecule has 0 aliphatic carbocycles. The van der Waals surface area contributed by atoms with E-state index in [9.17, 15) is 13.6 Å². The Bertz CT molecular complexity index is 275. The first-order valence-electron chi connectivity index (χ1n) is 2.83. The maximum absolute atomic E-state index is 12.6. The normalized spacial score (nSPS) is 9.27. The van der Waals surface area contributed by atoms with Gasteiger partial charge in [0.2, 0.25) is 0 Å². The van der Waals surface area contributed by atoms with Crippen molar-refractivity contribution in [1.29, 1.82) is 0 Å². The highest BCUT2D eigenvalue weighted by atomic mass is 19.2. The first-order chi connectivity index (χ1) is 5.25. The smallest absolute Gasteiger partial charge is 0.314 e. The number of nitrogens with one attached hydrogen (secondary N) is 1. The minimum atomic E-state index is -1.07. The van der Waals surface area contributed by atoms with Crippen LogP contribution in [0.15, 0.2) is 18.2 Å². The average Bonchev–Trinajstić information content (AvgIpc) is 1.99. The molecular weight excluding hydrogens is 152 g/mol. The van der Waals surface area contributed by atoms with Crippen LogP contribution in [0.5, 0.6) is 0 Å². The van der Waals surface area contributed by atoms with Gasteiger partial charge < -0.3 is 5.32 Å². The standard InChI is InChI=1S/C7H4F2NO/c8-5-2-1-3-6(7(5)9)10-4-11/h1-3H,(H,10,11). The molecule has 1 aromatic carbocycles. The van der Waals surface area contributed by atoms with E-state index in [2.05, 4.69) is 0 Å². The van der Waals surface area contributed by atoms with E-state index in [0.29, 0.717) is 0 Å². The van der Waals surface area contributed by atoms with Gasteiger partial charge in [-0.25, -0.2) is 8.78 Å². The van der Waals surface area contributed by atoms with Gasteiger partial charge in [0.25, 0.3) is 0 Å². The molecule has 0 atom stereocenters. The minimum Gasteiger partial charge on any atom is -0.315 e. The Morgan fingerprint density at radius 2 is 2.09 bits per heavy atom. The van der Waals surface area contributed by atoms with Crippen molar-refractivity contribution < 1.29 is 13.6 Å². The van der Waals surface area contributed by atoms with Gasteiger partial charge in [-0.3, -0.25) is 4.79 Å². The summed E-state index contributed by atoms with van der Waals surface area (Å²) >= 11 is 0. The molecule has 0 spiro atoms. The van der Waals surface area contributed by atoms with Crippen molar-refractivity contribution in [2.45, 2.75) is 0 Å². The molecule has 4 heteroatoms. The second kappa shape index (κ2) is 3.09. The largest absolute Gasteiger partial charge is 0.315 e. The summed E-state index contributed by atoms with van der Waals surface area (Å²) in [7, 11) is 0. The fourth-order valence-electron chi connectivity index (χ4n) is 0.655. The van der Waals surface area contributed by atoms with Crippen molar-refractivity contribution in [3.05, 3.63) is 29.8 Å². The van der Waals surface area contributed by atoms with E-state index in [1.54, 1.807) is 0 Å². The summed E-state index contributed by atoms with van der Waals surface area (Å²) in [6.07, 6.45) is 1.25. The lowest BCUT2D eigenvalue weighted by Gasteiger charge is -1.98. The zero-order valence-corrected chi connectivity index (χ0v) is 5.40. The van der Waals surface area contributed by atoms with Gasteiger partial charge in [-0.2, -0.15) is 0 Å². The van der Waals surface area contributed by atoms with Crippen molar-refractivity contribution in [2.75, 3.05) is 5.32 Å². The van der Waals surface area contributed by atoms with E-state index in [4.69, 9.17) is 0 Å². The zero-order chi connectivity index (χ0) is 8.27. The van der Waals surface area contributed by atoms with Gasteiger partial charge in [0.05, 0.1) is 5.69 Å². The van der Waals surface area contributed by atoms with Crippen LogP contribution >= 0.6 is 0 Å². The molecule has 1 amide bonds. The second-order valence-electron chi connectivity index (χ2n) is 1.83. The Hall–Kier alpha value is -1.45. The van der Waals surface area contributed by atoms with Crippen molar-refractivity contribution >= 4 is 12.1 Å². The maximum atomic E-state index is 12.6. The Kier molecular flexibility index (Phi) is 2.15. The molecule has 0 heterocycles. The van der Waals surface area contributed by atoms with Gasteiger partial charge in [0.1, 0.15) is 0 Å². The lowest BCUT2D eigenvalue weighted by Crippen LogP contribution is -1.98. The van der Waals surface area contributed by atoms with Crippen LogP contribution in [0.25, 0.3) is 0 Å². The number of halogens is 2. The Labute approximate surface area is 61.8 Å². The van der Waals surface area contributed by atoms with Crippen LogP contribution in [0.4, 0.5) is 14.5 Å². The van der Waals surface area contributed by atoms with Crippen LogP contribution in [0.3, 0.4) is 0 Å². The number of carbonyl (C=O) groups excluding carboxylic acids is 1. The van der Waals surface area contributed by atoms with Crippen LogP contribution in [-0.2, 0) is 4.79 Å². The zero-order valence-electron chi connectivity index (χ0n) is 5.40. The molecule has 1 aromatic rings. The molecule has 0 aliphatic heterocycles. The van der Waals surface area contributed by atoms with E-state index in [1.165, 1.54) is 18.5 Å². The highest BCUT2D eigenvalue weighted by Crippen LogP contribution is 2.15. The molecule has 1 radical (unpaired) electrons. The predicted molar refractivity (Wildman–Crippen MR) is 35.7 cm³/mol. The number of hydrogen-bond acceptors (Lipinski definition) is 1. The SMILES string of the molecule is O=[C]Nc1cccc(F)c1F. The summed E-state index contributed by atoms with van der Waals surface area (Å²) in [6, 6.07) is 3.49. The Morgan fingerprint density at radius 1 is 1.36 bits per heavy atom. The van der Waals surface area contributed by atoms with Crippen LogP contribution in [0.1, 0.15) is 0 Å². The average molecular weight is 156 g/mol. The highest BCUT2D eigenvalue weighted by molar-refractivity contribution is 5.71. The summed E-state index contributed by atoms with van der Waals surface area (Å²) in [5, 5.41) is 1.90. The summed E-state index contributed by atoms with van der Waals surface area (Å²) in [5.41, 5.74) is -0.208. The Morgan fingerprint density at radius 3 is 2.73 bits per heavy atom. The molecule has 0 fully saturated rings. The molecule has 1 N–H and O–H groups in total. The molecule has 2 nitrogen and oxygen atoms in total. The lowest BCUT2D eigenvalue weighted by molar-refractivity contribution is 0.511. The third-order valence-electron chi connectivity index (χ3n) is 1.14. The molecular formula is C7H4F2NO. The van der Waals surface area contributed by atoms with E-state index >= 15 is 0 Å².